The molecule has 1 heterocycles. The predicted molar refractivity (Wildman–Crippen MR) is 76.8 cm³/mol. The normalized spacial score (nSPS) is 11.9. The van der Waals surface area contributed by atoms with Gasteiger partial charge in [0.1, 0.15) is 11.6 Å². The third kappa shape index (κ3) is 2.90. The summed E-state index contributed by atoms with van der Waals surface area (Å²) in [6, 6.07) is 4.17. The van der Waals surface area contributed by atoms with Crippen LogP contribution in [0.4, 0.5) is 8.78 Å². The summed E-state index contributed by atoms with van der Waals surface area (Å²) in [6.07, 6.45) is 0.209. The Balaban J connectivity index is 2.44. The molecule has 0 bridgehead atoms. The molecule has 0 atom stereocenters. The lowest BCUT2D eigenvalue weighted by Gasteiger charge is -2.24. The van der Waals surface area contributed by atoms with E-state index in [1.54, 1.807) is 6.07 Å². The van der Waals surface area contributed by atoms with Crippen LogP contribution in [-0.4, -0.2) is 14.8 Å². The lowest BCUT2D eigenvalue weighted by Crippen LogP contribution is -2.26. The zero-order chi connectivity index (χ0) is 14.9. The van der Waals surface area contributed by atoms with E-state index in [4.69, 9.17) is 0 Å². The van der Waals surface area contributed by atoms with Gasteiger partial charge in [0.15, 0.2) is 11.6 Å². The lowest BCUT2D eigenvalue weighted by atomic mass is 10.1. The predicted octanol–water partition coefficient (Wildman–Crippen LogP) is 3.80. The van der Waals surface area contributed by atoms with Gasteiger partial charge in [-0.3, -0.25) is 0 Å². The first-order valence-corrected chi connectivity index (χ1v) is 7.39. The Labute approximate surface area is 125 Å². The molecular formula is C14H16BrF2N3. The molecule has 2 aromatic rings. The number of halogens is 3. The molecule has 1 aromatic carbocycles. The zero-order valence-electron chi connectivity index (χ0n) is 11.6. The molecule has 6 heteroatoms. The van der Waals surface area contributed by atoms with Gasteiger partial charge >= 0.3 is 0 Å². The minimum Gasteiger partial charge on any atom is -0.309 e. The van der Waals surface area contributed by atoms with Crippen LogP contribution < -0.4 is 0 Å². The molecular weight excluding hydrogens is 328 g/mol. The van der Waals surface area contributed by atoms with E-state index in [9.17, 15) is 8.78 Å². The van der Waals surface area contributed by atoms with Crippen molar-refractivity contribution in [3.05, 3.63) is 47.0 Å². The van der Waals surface area contributed by atoms with Crippen molar-refractivity contribution in [1.82, 2.24) is 14.8 Å². The summed E-state index contributed by atoms with van der Waals surface area (Å²) in [5.74, 6) is -0.276. The van der Waals surface area contributed by atoms with E-state index in [-0.39, 0.29) is 17.5 Å². The highest BCUT2D eigenvalue weighted by Crippen LogP contribution is 2.23. The largest absolute Gasteiger partial charge is 0.309 e. The van der Waals surface area contributed by atoms with Crippen LogP contribution in [0.25, 0.3) is 0 Å². The van der Waals surface area contributed by atoms with Crippen molar-refractivity contribution in [1.29, 1.82) is 0 Å². The molecule has 2 rings (SSSR count). The highest BCUT2D eigenvalue weighted by Gasteiger charge is 2.23. The van der Waals surface area contributed by atoms with Crippen molar-refractivity contribution in [3.63, 3.8) is 0 Å². The number of benzene rings is 1. The first-order valence-electron chi connectivity index (χ1n) is 6.27. The number of hydrogen-bond donors (Lipinski definition) is 0. The van der Waals surface area contributed by atoms with E-state index in [0.717, 1.165) is 11.9 Å². The van der Waals surface area contributed by atoms with Crippen LogP contribution in [0.3, 0.4) is 0 Å². The number of hydrogen-bond acceptors (Lipinski definition) is 2. The Morgan fingerprint density at radius 3 is 2.40 bits per heavy atom. The Kier molecular flexibility index (Phi) is 4.22. The van der Waals surface area contributed by atoms with Gasteiger partial charge in [-0.1, -0.05) is 28.1 Å². The number of alkyl halides is 1. The average Bonchev–Trinajstić information content (AvgIpc) is 2.78. The molecule has 1 aromatic heterocycles. The highest BCUT2D eigenvalue weighted by atomic mass is 79.9. The van der Waals surface area contributed by atoms with Crippen LogP contribution in [0.1, 0.15) is 38.0 Å². The number of aromatic nitrogens is 3. The topological polar surface area (TPSA) is 30.7 Å². The molecule has 0 fully saturated rings. The molecule has 0 N–H and O–H groups in total. The fraction of sp³-hybridized carbons (Fsp3) is 0.429. The van der Waals surface area contributed by atoms with Crippen LogP contribution in [0.5, 0.6) is 0 Å². The van der Waals surface area contributed by atoms with Gasteiger partial charge in [-0.2, -0.15) is 0 Å². The third-order valence-electron chi connectivity index (χ3n) is 2.97. The van der Waals surface area contributed by atoms with Crippen LogP contribution in [0, 0.1) is 11.6 Å². The Hall–Kier alpha value is -1.30. The molecule has 0 spiro atoms. The molecule has 0 saturated heterocycles. The Bertz CT molecular complexity index is 617. The van der Waals surface area contributed by atoms with E-state index in [1.807, 2.05) is 25.3 Å². The van der Waals surface area contributed by atoms with Crippen LogP contribution in [-0.2, 0) is 17.3 Å². The summed E-state index contributed by atoms with van der Waals surface area (Å²) in [4.78, 5) is 0. The molecule has 0 radical (unpaired) electrons. The summed E-state index contributed by atoms with van der Waals surface area (Å²) < 4.78 is 29.0. The van der Waals surface area contributed by atoms with Crippen LogP contribution in [0.2, 0.25) is 0 Å². The molecule has 0 aliphatic heterocycles. The molecule has 0 saturated carbocycles. The fourth-order valence-electron chi connectivity index (χ4n) is 2.18. The van der Waals surface area contributed by atoms with E-state index in [2.05, 4.69) is 26.1 Å². The van der Waals surface area contributed by atoms with E-state index in [0.29, 0.717) is 11.2 Å². The quantitative estimate of drug-likeness (QED) is 0.793. The maximum absolute atomic E-state index is 13.8. The molecule has 0 aliphatic rings. The monoisotopic (exact) mass is 343 g/mol. The van der Waals surface area contributed by atoms with Gasteiger partial charge < -0.3 is 4.57 Å². The van der Waals surface area contributed by atoms with E-state index >= 15 is 0 Å². The minimum absolute atomic E-state index is 0.209. The van der Waals surface area contributed by atoms with Gasteiger partial charge in [0.05, 0.1) is 5.33 Å². The van der Waals surface area contributed by atoms with E-state index < -0.39 is 11.6 Å². The molecule has 3 nitrogen and oxygen atoms in total. The summed E-state index contributed by atoms with van der Waals surface area (Å²) in [5.41, 5.74) is 0.0511. The van der Waals surface area contributed by atoms with Crippen molar-refractivity contribution in [3.8, 4) is 0 Å². The van der Waals surface area contributed by atoms with Gasteiger partial charge in [0.25, 0.3) is 0 Å². The Morgan fingerprint density at radius 1 is 1.15 bits per heavy atom. The second-order valence-electron chi connectivity index (χ2n) is 5.56. The first-order chi connectivity index (χ1) is 9.34. The van der Waals surface area contributed by atoms with Crippen LogP contribution in [0.15, 0.2) is 18.2 Å². The van der Waals surface area contributed by atoms with Gasteiger partial charge in [0.2, 0.25) is 0 Å². The van der Waals surface area contributed by atoms with Crippen molar-refractivity contribution >= 4 is 15.9 Å². The Morgan fingerprint density at radius 2 is 1.80 bits per heavy atom. The number of rotatable bonds is 3. The summed E-state index contributed by atoms with van der Waals surface area (Å²) >= 11 is 3.37. The molecule has 108 valence electrons. The van der Waals surface area contributed by atoms with Crippen molar-refractivity contribution in [2.45, 2.75) is 38.1 Å². The summed E-state index contributed by atoms with van der Waals surface area (Å²) in [5, 5.41) is 8.77. The maximum Gasteiger partial charge on any atom is 0.162 e. The zero-order valence-corrected chi connectivity index (χ0v) is 13.2. The molecule has 20 heavy (non-hydrogen) atoms. The summed E-state index contributed by atoms with van der Waals surface area (Å²) in [7, 11) is 0. The van der Waals surface area contributed by atoms with Gasteiger partial charge in [-0.25, -0.2) is 8.78 Å². The SMILES string of the molecule is CC(C)(C)n1c(CBr)nnc1Cc1cccc(F)c1F. The average molecular weight is 344 g/mol. The van der Waals surface area contributed by atoms with Crippen molar-refractivity contribution in [2.75, 3.05) is 0 Å². The van der Waals surface area contributed by atoms with E-state index in [1.165, 1.54) is 6.07 Å². The van der Waals surface area contributed by atoms with Gasteiger partial charge in [0, 0.05) is 12.0 Å². The summed E-state index contributed by atoms with van der Waals surface area (Å²) in [6.45, 7) is 6.07. The second kappa shape index (κ2) is 5.60. The fourth-order valence-corrected chi connectivity index (χ4v) is 2.55. The standard InChI is InChI=1S/C14H16BrF2N3/c1-14(2,3)20-11(18-19-12(20)8-15)7-9-5-4-6-10(16)13(9)17/h4-6H,7-8H2,1-3H3. The third-order valence-corrected chi connectivity index (χ3v) is 3.47. The molecule has 0 amide bonds. The molecule has 0 unspecified atom stereocenters. The second-order valence-corrected chi connectivity index (χ2v) is 6.12. The minimum atomic E-state index is -0.843. The smallest absolute Gasteiger partial charge is 0.162 e. The van der Waals surface area contributed by atoms with Crippen LogP contribution >= 0.6 is 15.9 Å². The molecule has 0 aliphatic carbocycles. The van der Waals surface area contributed by atoms with Crippen molar-refractivity contribution in [2.24, 2.45) is 0 Å². The number of nitrogens with zero attached hydrogens (tertiary/aromatic N) is 3. The first kappa shape index (κ1) is 15.1. The highest BCUT2D eigenvalue weighted by molar-refractivity contribution is 9.08. The van der Waals surface area contributed by atoms with Gasteiger partial charge in [-0.05, 0) is 32.4 Å². The van der Waals surface area contributed by atoms with Gasteiger partial charge in [-0.15, -0.1) is 10.2 Å². The van der Waals surface area contributed by atoms with Crippen molar-refractivity contribution < 1.29 is 8.78 Å². The lowest BCUT2D eigenvalue weighted by molar-refractivity contribution is 0.374. The maximum atomic E-state index is 13.8.